The van der Waals surface area contributed by atoms with Crippen molar-refractivity contribution in [2.75, 3.05) is 7.05 Å². The van der Waals surface area contributed by atoms with Crippen molar-refractivity contribution in [3.63, 3.8) is 0 Å². The van der Waals surface area contributed by atoms with Crippen LogP contribution in [0, 0.1) is 13.8 Å². The summed E-state index contributed by atoms with van der Waals surface area (Å²) in [6.45, 7) is 5.83. The Labute approximate surface area is 113 Å². The molecule has 0 spiro atoms. The van der Waals surface area contributed by atoms with Crippen LogP contribution >= 0.6 is 0 Å². The monoisotopic (exact) mass is 258 g/mol. The quantitative estimate of drug-likeness (QED) is 0.849. The number of carbonyl (C=O) groups is 1. The Balaban J connectivity index is 2.16. The average Bonchev–Trinajstić information content (AvgIpc) is 2.84. The molecule has 1 aromatic heterocycles. The molecule has 0 aliphatic carbocycles. The number of hydrogen-bond donors (Lipinski definition) is 0. The van der Waals surface area contributed by atoms with Gasteiger partial charge in [-0.25, -0.2) is 0 Å². The van der Waals surface area contributed by atoms with Crippen LogP contribution in [0.2, 0.25) is 0 Å². The fourth-order valence-corrected chi connectivity index (χ4v) is 1.88. The van der Waals surface area contributed by atoms with Crippen molar-refractivity contribution in [1.82, 2.24) is 10.1 Å². The van der Waals surface area contributed by atoms with E-state index in [0.29, 0.717) is 5.69 Å². The third-order valence-electron chi connectivity index (χ3n) is 3.30. The Morgan fingerprint density at radius 1 is 1.26 bits per heavy atom. The Morgan fingerprint density at radius 3 is 2.42 bits per heavy atom. The molecule has 0 bridgehead atoms. The summed E-state index contributed by atoms with van der Waals surface area (Å²) in [4.78, 5) is 13.9. The summed E-state index contributed by atoms with van der Waals surface area (Å²) in [7, 11) is 1.77. The number of benzene rings is 1. The van der Waals surface area contributed by atoms with Gasteiger partial charge in [-0.2, -0.15) is 0 Å². The second-order valence-corrected chi connectivity index (χ2v) is 4.84. The lowest BCUT2D eigenvalue weighted by Crippen LogP contribution is -2.29. The first-order valence-corrected chi connectivity index (χ1v) is 6.26. The molecule has 0 aliphatic heterocycles. The number of hydrogen-bond acceptors (Lipinski definition) is 3. The highest BCUT2D eigenvalue weighted by Gasteiger charge is 2.21. The van der Waals surface area contributed by atoms with Crippen molar-refractivity contribution < 1.29 is 9.32 Å². The van der Waals surface area contributed by atoms with E-state index in [0.717, 1.165) is 5.56 Å². The Hall–Kier alpha value is -2.10. The first kappa shape index (κ1) is 13.3. The summed E-state index contributed by atoms with van der Waals surface area (Å²) in [6.07, 6.45) is 0. The van der Waals surface area contributed by atoms with Crippen molar-refractivity contribution in [3.05, 3.63) is 52.9 Å². The lowest BCUT2D eigenvalue weighted by molar-refractivity contribution is 0.0700. The third-order valence-corrected chi connectivity index (χ3v) is 3.30. The van der Waals surface area contributed by atoms with E-state index >= 15 is 0 Å². The van der Waals surface area contributed by atoms with E-state index < -0.39 is 0 Å². The fraction of sp³-hybridized carbons (Fsp3) is 0.333. The molecule has 19 heavy (non-hydrogen) atoms. The number of rotatable bonds is 3. The van der Waals surface area contributed by atoms with Crippen LogP contribution in [0.1, 0.15) is 40.3 Å². The predicted octanol–water partition coefficient (Wildman–Crippen LogP) is 3.12. The summed E-state index contributed by atoms with van der Waals surface area (Å²) in [5, 5.41) is 3.74. The highest BCUT2D eigenvalue weighted by molar-refractivity contribution is 5.91. The zero-order valence-electron chi connectivity index (χ0n) is 11.7. The number of carbonyl (C=O) groups excluding carboxylic acids is 1. The van der Waals surface area contributed by atoms with Crippen LogP contribution in [-0.4, -0.2) is 23.0 Å². The third kappa shape index (κ3) is 2.84. The molecule has 4 heteroatoms. The van der Waals surface area contributed by atoms with E-state index in [-0.39, 0.29) is 17.7 Å². The van der Waals surface area contributed by atoms with Gasteiger partial charge in [0, 0.05) is 13.1 Å². The van der Waals surface area contributed by atoms with Crippen LogP contribution in [0.25, 0.3) is 0 Å². The Morgan fingerprint density at radius 2 is 1.89 bits per heavy atom. The van der Waals surface area contributed by atoms with E-state index in [2.05, 4.69) is 5.16 Å². The molecule has 4 nitrogen and oxygen atoms in total. The van der Waals surface area contributed by atoms with E-state index in [1.165, 1.54) is 5.56 Å². The Kier molecular flexibility index (Phi) is 3.69. The number of aromatic nitrogens is 1. The fourth-order valence-electron chi connectivity index (χ4n) is 1.88. The van der Waals surface area contributed by atoms with Crippen LogP contribution in [-0.2, 0) is 0 Å². The maximum absolute atomic E-state index is 12.2. The van der Waals surface area contributed by atoms with Crippen LogP contribution in [0.5, 0.6) is 0 Å². The van der Waals surface area contributed by atoms with Crippen molar-refractivity contribution >= 4 is 5.91 Å². The minimum atomic E-state index is -0.159. The van der Waals surface area contributed by atoms with E-state index in [9.17, 15) is 4.79 Å². The van der Waals surface area contributed by atoms with Crippen molar-refractivity contribution in [3.8, 4) is 0 Å². The van der Waals surface area contributed by atoms with Gasteiger partial charge in [0.05, 0.1) is 11.7 Å². The molecule has 1 heterocycles. The summed E-state index contributed by atoms with van der Waals surface area (Å²) < 4.78 is 5.01. The van der Waals surface area contributed by atoms with Gasteiger partial charge in [0.2, 0.25) is 5.76 Å². The number of aryl methyl sites for hydroxylation is 2. The maximum Gasteiger partial charge on any atom is 0.292 e. The molecule has 1 unspecified atom stereocenters. The second kappa shape index (κ2) is 5.26. The molecule has 2 aromatic rings. The molecule has 0 saturated heterocycles. The van der Waals surface area contributed by atoms with E-state index in [1.54, 1.807) is 24.9 Å². The molecule has 100 valence electrons. The molecule has 1 aromatic carbocycles. The molecule has 0 saturated carbocycles. The molecule has 0 fully saturated rings. The highest BCUT2D eigenvalue weighted by Crippen LogP contribution is 2.21. The van der Waals surface area contributed by atoms with Gasteiger partial charge >= 0.3 is 0 Å². The van der Waals surface area contributed by atoms with Crippen LogP contribution < -0.4 is 0 Å². The van der Waals surface area contributed by atoms with E-state index in [4.69, 9.17) is 4.52 Å². The smallest absolute Gasteiger partial charge is 0.292 e. The summed E-state index contributed by atoms with van der Waals surface area (Å²) in [6, 6.07) is 9.80. The van der Waals surface area contributed by atoms with Gasteiger partial charge in [-0.15, -0.1) is 0 Å². The number of nitrogens with zero attached hydrogens (tertiary/aromatic N) is 2. The summed E-state index contributed by atoms with van der Waals surface area (Å²) in [5.41, 5.74) is 3.01. The van der Waals surface area contributed by atoms with Gasteiger partial charge in [0.25, 0.3) is 5.91 Å². The molecular formula is C15H18N2O2. The zero-order chi connectivity index (χ0) is 14.0. The van der Waals surface area contributed by atoms with Crippen molar-refractivity contribution in [2.24, 2.45) is 0 Å². The largest absolute Gasteiger partial charge is 0.351 e. The van der Waals surface area contributed by atoms with Crippen molar-refractivity contribution in [2.45, 2.75) is 26.8 Å². The molecular weight excluding hydrogens is 240 g/mol. The first-order valence-electron chi connectivity index (χ1n) is 6.26. The lowest BCUT2D eigenvalue weighted by atomic mass is 10.1. The Bertz CT molecular complexity index is 572. The highest BCUT2D eigenvalue weighted by atomic mass is 16.5. The normalized spacial score (nSPS) is 12.2. The van der Waals surface area contributed by atoms with Gasteiger partial charge in [-0.05, 0) is 26.3 Å². The minimum absolute atomic E-state index is 0.0153. The lowest BCUT2D eigenvalue weighted by Gasteiger charge is -2.24. The van der Waals surface area contributed by atoms with Gasteiger partial charge < -0.3 is 9.42 Å². The first-order chi connectivity index (χ1) is 8.99. The van der Waals surface area contributed by atoms with Gasteiger partial charge in [-0.1, -0.05) is 35.0 Å². The summed E-state index contributed by atoms with van der Waals surface area (Å²) in [5.74, 6) is 0.118. The van der Waals surface area contributed by atoms with Crippen LogP contribution in [0.4, 0.5) is 0 Å². The SMILES string of the molecule is Cc1ccc(C(C)N(C)C(=O)c2cc(C)no2)cc1. The topological polar surface area (TPSA) is 46.3 Å². The molecule has 1 amide bonds. The molecule has 1 atom stereocenters. The average molecular weight is 258 g/mol. The van der Waals surface area contributed by atoms with E-state index in [1.807, 2.05) is 38.1 Å². The van der Waals surface area contributed by atoms with Crippen LogP contribution in [0.3, 0.4) is 0 Å². The van der Waals surface area contributed by atoms with Crippen molar-refractivity contribution in [1.29, 1.82) is 0 Å². The zero-order valence-corrected chi connectivity index (χ0v) is 11.7. The van der Waals surface area contributed by atoms with Gasteiger partial charge in [0.1, 0.15) is 0 Å². The van der Waals surface area contributed by atoms with Crippen LogP contribution in [0.15, 0.2) is 34.9 Å². The minimum Gasteiger partial charge on any atom is -0.351 e. The molecule has 0 aliphatic rings. The predicted molar refractivity (Wildman–Crippen MR) is 72.9 cm³/mol. The number of amides is 1. The second-order valence-electron chi connectivity index (χ2n) is 4.84. The molecule has 0 N–H and O–H groups in total. The maximum atomic E-state index is 12.2. The van der Waals surface area contributed by atoms with Gasteiger partial charge in [0.15, 0.2) is 0 Å². The molecule has 2 rings (SSSR count). The van der Waals surface area contributed by atoms with Gasteiger partial charge in [-0.3, -0.25) is 4.79 Å². The standard InChI is InChI=1S/C15H18N2O2/c1-10-5-7-13(8-6-10)12(3)17(4)15(18)14-9-11(2)16-19-14/h5-9,12H,1-4H3. The summed E-state index contributed by atoms with van der Waals surface area (Å²) >= 11 is 0. The molecule has 0 radical (unpaired) electrons.